The van der Waals surface area contributed by atoms with E-state index in [0.717, 1.165) is 12.8 Å². The van der Waals surface area contributed by atoms with Crippen molar-refractivity contribution in [2.24, 2.45) is 5.73 Å². The van der Waals surface area contributed by atoms with E-state index in [9.17, 15) is 13.2 Å². The van der Waals surface area contributed by atoms with Crippen molar-refractivity contribution in [3.63, 3.8) is 0 Å². The molecule has 7 heteroatoms. The molecule has 2 rings (SSSR count). The van der Waals surface area contributed by atoms with Crippen LogP contribution in [0.1, 0.15) is 29.6 Å². The summed E-state index contributed by atoms with van der Waals surface area (Å²) in [5.41, 5.74) is 6.12. The van der Waals surface area contributed by atoms with Crippen LogP contribution in [0.25, 0.3) is 0 Å². The third-order valence-corrected chi connectivity index (χ3v) is 5.58. The Morgan fingerprint density at radius 3 is 2.70 bits per heavy atom. The van der Waals surface area contributed by atoms with Gasteiger partial charge in [0.15, 0.2) is 9.84 Å². The number of primary amides is 1. The van der Waals surface area contributed by atoms with Crippen LogP contribution in [0, 0.1) is 0 Å². The predicted molar refractivity (Wildman–Crippen MR) is 79.9 cm³/mol. The summed E-state index contributed by atoms with van der Waals surface area (Å²) >= 11 is 5.88. The second-order valence-corrected chi connectivity index (χ2v) is 7.78. The lowest BCUT2D eigenvalue weighted by molar-refractivity contribution is 0.100. The quantitative estimate of drug-likeness (QED) is 0.886. The van der Waals surface area contributed by atoms with Gasteiger partial charge in [0, 0.05) is 18.0 Å². The molecular weight excluding hydrogens is 300 g/mol. The summed E-state index contributed by atoms with van der Waals surface area (Å²) in [6.07, 6.45) is 3.57. The molecule has 0 heterocycles. The average Bonchev–Trinajstić information content (AvgIpc) is 2.79. The Labute approximate surface area is 123 Å². The zero-order valence-electron chi connectivity index (χ0n) is 11.1. The number of nitrogens with two attached hydrogens (primary N) is 1. The van der Waals surface area contributed by atoms with E-state index in [-0.39, 0.29) is 16.6 Å². The average molecular weight is 317 g/mol. The van der Waals surface area contributed by atoms with Gasteiger partial charge < -0.3 is 11.1 Å². The van der Waals surface area contributed by atoms with E-state index >= 15 is 0 Å². The number of nitrogens with one attached hydrogen (secondary N) is 1. The molecule has 0 aliphatic heterocycles. The maximum absolute atomic E-state index is 11.7. The zero-order chi connectivity index (χ0) is 14.9. The number of hydrogen-bond donors (Lipinski definition) is 2. The highest BCUT2D eigenvalue weighted by Gasteiger charge is 2.34. The monoisotopic (exact) mass is 316 g/mol. The van der Waals surface area contributed by atoms with Crippen LogP contribution >= 0.6 is 11.6 Å². The largest absolute Gasteiger partial charge is 0.381 e. The normalized spacial score (nSPS) is 22.7. The first-order chi connectivity index (χ1) is 9.29. The Morgan fingerprint density at radius 2 is 2.10 bits per heavy atom. The predicted octanol–water partition coefficient (Wildman–Crippen LogP) is 1.82. The van der Waals surface area contributed by atoms with Gasteiger partial charge in [-0.2, -0.15) is 0 Å². The number of benzene rings is 1. The number of carbonyl (C=O) groups excluding carboxylic acids is 1. The molecule has 110 valence electrons. The molecule has 2 atom stereocenters. The molecule has 2 unspecified atom stereocenters. The van der Waals surface area contributed by atoms with Crippen molar-refractivity contribution in [1.29, 1.82) is 0 Å². The number of sulfone groups is 1. The SMILES string of the molecule is CS(=O)(=O)C1CCCC1Nc1ccc(Cl)c(C(N)=O)c1. The molecular formula is C13H17ClN2O3S. The van der Waals surface area contributed by atoms with E-state index in [0.29, 0.717) is 12.1 Å². The zero-order valence-corrected chi connectivity index (χ0v) is 12.7. The maximum atomic E-state index is 11.7. The molecule has 0 saturated heterocycles. The first-order valence-electron chi connectivity index (χ1n) is 6.34. The van der Waals surface area contributed by atoms with E-state index in [1.54, 1.807) is 18.2 Å². The standard InChI is InChI=1S/C13H17ClN2O3S/c1-20(18,19)12-4-2-3-11(12)16-8-5-6-10(14)9(7-8)13(15)17/h5-7,11-12,16H,2-4H2,1H3,(H2,15,17). The summed E-state index contributed by atoms with van der Waals surface area (Å²) < 4.78 is 23.5. The fraction of sp³-hybridized carbons (Fsp3) is 0.462. The van der Waals surface area contributed by atoms with Gasteiger partial charge >= 0.3 is 0 Å². The van der Waals surface area contributed by atoms with Crippen molar-refractivity contribution in [2.75, 3.05) is 11.6 Å². The summed E-state index contributed by atoms with van der Waals surface area (Å²) in [5.74, 6) is -0.607. The first-order valence-corrected chi connectivity index (χ1v) is 8.67. The minimum Gasteiger partial charge on any atom is -0.381 e. The highest BCUT2D eigenvalue weighted by Crippen LogP contribution is 2.29. The van der Waals surface area contributed by atoms with Gasteiger partial charge in [0.2, 0.25) is 5.91 Å². The smallest absolute Gasteiger partial charge is 0.250 e. The fourth-order valence-corrected chi connectivity index (χ4v) is 4.23. The molecule has 20 heavy (non-hydrogen) atoms. The highest BCUT2D eigenvalue weighted by atomic mass is 35.5. The van der Waals surface area contributed by atoms with Gasteiger partial charge in [0.25, 0.3) is 0 Å². The molecule has 0 bridgehead atoms. The highest BCUT2D eigenvalue weighted by molar-refractivity contribution is 7.91. The van der Waals surface area contributed by atoms with E-state index in [4.69, 9.17) is 17.3 Å². The van der Waals surface area contributed by atoms with Gasteiger partial charge in [0.05, 0.1) is 15.8 Å². The van der Waals surface area contributed by atoms with Crippen molar-refractivity contribution in [2.45, 2.75) is 30.6 Å². The minimum absolute atomic E-state index is 0.146. The van der Waals surface area contributed by atoms with Crippen LogP contribution in [-0.2, 0) is 9.84 Å². The van der Waals surface area contributed by atoms with Gasteiger partial charge in [-0.15, -0.1) is 0 Å². The lowest BCUT2D eigenvalue weighted by atomic mass is 10.1. The van der Waals surface area contributed by atoms with Crippen molar-refractivity contribution >= 4 is 33.0 Å². The van der Waals surface area contributed by atoms with E-state index < -0.39 is 21.0 Å². The topological polar surface area (TPSA) is 89.3 Å². The first kappa shape index (κ1) is 15.1. The van der Waals surface area contributed by atoms with Crippen LogP contribution in [0.4, 0.5) is 5.69 Å². The van der Waals surface area contributed by atoms with Gasteiger partial charge in [-0.25, -0.2) is 8.42 Å². The molecule has 1 aliphatic rings. The maximum Gasteiger partial charge on any atom is 0.250 e. The van der Waals surface area contributed by atoms with Gasteiger partial charge in [-0.1, -0.05) is 11.6 Å². The van der Waals surface area contributed by atoms with E-state index in [1.807, 2.05) is 0 Å². The number of rotatable bonds is 4. The molecule has 1 amide bonds. The Morgan fingerprint density at radius 1 is 1.40 bits per heavy atom. The summed E-state index contributed by atoms with van der Waals surface area (Å²) in [7, 11) is -3.09. The fourth-order valence-electron chi connectivity index (χ4n) is 2.62. The van der Waals surface area contributed by atoms with Crippen LogP contribution in [0.5, 0.6) is 0 Å². The van der Waals surface area contributed by atoms with Crippen LogP contribution in [0.2, 0.25) is 5.02 Å². The molecule has 5 nitrogen and oxygen atoms in total. The number of hydrogen-bond acceptors (Lipinski definition) is 4. The second-order valence-electron chi connectivity index (χ2n) is 5.11. The second kappa shape index (κ2) is 5.61. The van der Waals surface area contributed by atoms with Crippen molar-refractivity contribution in [1.82, 2.24) is 0 Å². The van der Waals surface area contributed by atoms with Crippen LogP contribution < -0.4 is 11.1 Å². The molecule has 1 aromatic carbocycles. The van der Waals surface area contributed by atoms with Crippen LogP contribution in [0.15, 0.2) is 18.2 Å². The Bertz CT molecular complexity index is 631. The number of halogens is 1. The lowest BCUT2D eigenvalue weighted by Crippen LogP contribution is -2.34. The summed E-state index contributed by atoms with van der Waals surface area (Å²) in [4.78, 5) is 11.2. The number of anilines is 1. The van der Waals surface area contributed by atoms with Gasteiger partial charge in [-0.05, 0) is 37.5 Å². The molecule has 1 aromatic rings. The third kappa shape index (κ3) is 3.24. The molecule has 0 aromatic heterocycles. The molecule has 0 spiro atoms. The molecule has 1 aliphatic carbocycles. The summed E-state index contributed by atoms with van der Waals surface area (Å²) in [6.45, 7) is 0. The third-order valence-electron chi connectivity index (χ3n) is 3.59. The number of carbonyl (C=O) groups is 1. The van der Waals surface area contributed by atoms with Gasteiger partial charge in [-0.3, -0.25) is 4.79 Å². The van der Waals surface area contributed by atoms with Crippen LogP contribution in [0.3, 0.4) is 0 Å². The summed E-state index contributed by atoms with van der Waals surface area (Å²) in [6, 6.07) is 4.70. The van der Waals surface area contributed by atoms with E-state index in [2.05, 4.69) is 5.32 Å². The van der Waals surface area contributed by atoms with Crippen molar-refractivity contribution < 1.29 is 13.2 Å². The molecule has 1 fully saturated rings. The molecule has 1 saturated carbocycles. The number of amides is 1. The lowest BCUT2D eigenvalue weighted by Gasteiger charge is -2.21. The van der Waals surface area contributed by atoms with E-state index in [1.165, 1.54) is 6.26 Å². The summed E-state index contributed by atoms with van der Waals surface area (Å²) in [5, 5.41) is 3.07. The Kier molecular flexibility index (Phi) is 4.25. The minimum atomic E-state index is -3.09. The molecule has 0 radical (unpaired) electrons. The van der Waals surface area contributed by atoms with Crippen LogP contribution in [-0.4, -0.2) is 31.9 Å². The van der Waals surface area contributed by atoms with Crippen molar-refractivity contribution in [3.8, 4) is 0 Å². The Balaban J connectivity index is 2.22. The Hall–Kier alpha value is -1.27. The van der Waals surface area contributed by atoms with Gasteiger partial charge in [0.1, 0.15) is 0 Å². The molecule has 3 N–H and O–H groups in total. The van der Waals surface area contributed by atoms with Crippen molar-refractivity contribution in [3.05, 3.63) is 28.8 Å².